The van der Waals surface area contributed by atoms with Gasteiger partial charge in [-0.1, -0.05) is 107 Å². The molecule has 0 saturated heterocycles. The Morgan fingerprint density at radius 1 is 0.412 bits per heavy atom. The lowest BCUT2D eigenvalue weighted by Crippen LogP contribution is -2.10. The molecule has 0 atom stereocenters. The Morgan fingerprint density at radius 2 is 0.765 bits per heavy atom. The number of benzene rings is 4. The van der Waals surface area contributed by atoms with Crippen LogP contribution in [-0.2, 0) is 12.4 Å². The summed E-state index contributed by atoms with van der Waals surface area (Å²) in [5.41, 5.74) is -1.02. The molecular formula is C26H16F6S2. The van der Waals surface area contributed by atoms with Crippen LogP contribution in [0.1, 0.15) is 11.1 Å². The molecule has 0 unspecified atom stereocenters. The van der Waals surface area contributed by atoms with Crippen molar-refractivity contribution < 1.29 is 26.3 Å². The second-order valence-electron chi connectivity index (χ2n) is 7.25. The molecule has 8 heteroatoms. The fraction of sp³-hybridized carbons (Fsp3) is 0.0769. The Morgan fingerprint density at radius 3 is 1.09 bits per heavy atom. The van der Waals surface area contributed by atoms with E-state index < -0.39 is 23.5 Å². The average Bonchev–Trinajstić information content (AvgIpc) is 2.82. The van der Waals surface area contributed by atoms with Crippen molar-refractivity contribution in [3.05, 3.63) is 108 Å². The molecule has 0 spiro atoms. The fourth-order valence-corrected chi connectivity index (χ4v) is 6.03. The van der Waals surface area contributed by atoms with E-state index >= 15 is 0 Å². The van der Waals surface area contributed by atoms with E-state index in [2.05, 4.69) is 0 Å². The summed E-state index contributed by atoms with van der Waals surface area (Å²) in [6.45, 7) is 0. The molecule has 0 heterocycles. The number of rotatable bonds is 5. The lowest BCUT2D eigenvalue weighted by Gasteiger charge is -2.19. The lowest BCUT2D eigenvalue weighted by molar-refractivity contribution is -0.140. The SMILES string of the molecule is FC(F)(F)c1c(SSc2cccc(-c3ccccc3)c2C(F)(F)F)cccc1-c1ccccc1. The monoisotopic (exact) mass is 506 g/mol. The topological polar surface area (TPSA) is 0 Å². The summed E-state index contributed by atoms with van der Waals surface area (Å²) in [4.78, 5) is -0.311. The van der Waals surface area contributed by atoms with Gasteiger partial charge >= 0.3 is 12.4 Å². The van der Waals surface area contributed by atoms with E-state index in [1.807, 2.05) is 0 Å². The van der Waals surface area contributed by atoms with E-state index in [1.165, 1.54) is 36.4 Å². The molecule has 0 amide bonds. The maximum atomic E-state index is 14.1. The van der Waals surface area contributed by atoms with Crippen molar-refractivity contribution in [2.24, 2.45) is 0 Å². The van der Waals surface area contributed by atoms with Crippen LogP contribution in [0.5, 0.6) is 0 Å². The zero-order valence-corrected chi connectivity index (χ0v) is 19.0. The van der Waals surface area contributed by atoms with Crippen molar-refractivity contribution in [1.82, 2.24) is 0 Å². The first-order valence-corrected chi connectivity index (χ1v) is 12.2. The van der Waals surface area contributed by atoms with Gasteiger partial charge in [0.15, 0.2) is 0 Å². The van der Waals surface area contributed by atoms with Crippen LogP contribution in [0.15, 0.2) is 107 Å². The lowest BCUT2D eigenvalue weighted by atomic mass is 9.99. The van der Waals surface area contributed by atoms with E-state index in [-0.39, 0.29) is 20.9 Å². The van der Waals surface area contributed by atoms with Gasteiger partial charge in [-0.3, -0.25) is 0 Å². The normalized spacial score (nSPS) is 12.1. The van der Waals surface area contributed by atoms with Crippen LogP contribution < -0.4 is 0 Å². The standard InChI is InChI=1S/C26H16F6S2/c27-25(28,29)23-19(17-9-3-1-4-10-17)13-7-15-21(23)33-34-22-16-8-14-20(24(22)26(30,31)32)18-11-5-2-6-12-18/h1-16H. The second-order valence-corrected chi connectivity index (χ2v) is 9.46. The molecule has 0 saturated carbocycles. The Hall–Kier alpha value is -2.84. The predicted octanol–water partition coefficient (Wildman–Crippen LogP) is 9.86. The molecule has 0 nitrogen and oxygen atoms in total. The number of alkyl halides is 6. The maximum Gasteiger partial charge on any atom is 0.418 e. The number of hydrogen-bond donors (Lipinski definition) is 0. The highest BCUT2D eigenvalue weighted by molar-refractivity contribution is 8.76. The van der Waals surface area contributed by atoms with Crippen LogP contribution in [0, 0.1) is 0 Å². The van der Waals surface area contributed by atoms with Gasteiger partial charge in [0.05, 0.1) is 11.1 Å². The Bertz CT molecular complexity index is 1170. The third-order valence-corrected chi connectivity index (χ3v) is 7.46. The molecule has 0 N–H and O–H groups in total. The van der Waals surface area contributed by atoms with Crippen LogP contribution in [0.25, 0.3) is 22.3 Å². The third-order valence-electron chi connectivity index (χ3n) is 5.01. The molecule has 0 aliphatic rings. The van der Waals surface area contributed by atoms with Crippen LogP contribution in [0.2, 0.25) is 0 Å². The summed E-state index contributed by atoms with van der Waals surface area (Å²) in [5, 5.41) is 0. The minimum atomic E-state index is -4.69. The molecule has 4 rings (SSSR count). The summed E-state index contributed by atoms with van der Waals surface area (Å²) in [6.07, 6.45) is -9.37. The summed E-state index contributed by atoms with van der Waals surface area (Å²) in [6, 6.07) is 24.4. The van der Waals surface area contributed by atoms with Gasteiger partial charge in [-0.05, 0) is 34.4 Å². The van der Waals surface area contributed by atoms with E-state index in [9.17, 15) is 26.3 Å². The van der Waals surface area contributed by atoms with Crippen molar-refractivity contribution in [1.29, 1.82) is 0 Å². The molecule has 0 radical (unpaired) electrons. The van der Waals surface area contributed by atoms with Crippen molar-refractivity contribution in [3.63, 3.8) is 0 Å². The summed E-state index contributed by atoms with van der Waals surface area (Å²) >= 11 is 0. The predicted molar refractivity (Wildman–Crippen MR) is 125 cm³/mol. The zero-order valence-electron chi connectivity index (χ0n) is 17.3. The molecule has 0 aliphatic carbocycles. The second kappa shape index (κ2) is 9.80. The van der Waals surface area contributed by atoms with Gasteiger partial charge in [-0.15, -0.1) is 0 Å². The molecule has 0 fully saturated rings. The van der Waals surface area contributed by atoms with Crippen molar-refractivity contribution >= 4 is 21.6 Å². The van der Waals surface area contributed by atoms with Gasteiger partial charge in [0, 0.05) is 9.79 Å². The van der Waals surface area contributed by atoms with Crippen LogP contribution >= 0.6 is 21.6 Å². The van der Waals surface area contributed by atoms with Gasteiger partial charge in [0.1, 0.15) is 0 Å². The van der Waals surface area contributed by atoms with Gasteiger partial charge in [0.25, 0.3) is 0 Å². The Kier molecular flexibility index (Phi) is 7.00. The highest BCUT2D eigenvalue weighted by atomic mass is 33.1. The van der Waals surface area contributed by atoms with E-state index in [1.54, 1.807) is 60.7 Å². The minimum Gasteiger partial charge on any atom is -0.166 e. The quantitative estimate of drug-likeness (QED) is 0.195. The van der Waals surface area contributed by atoms with Crippen LogP contribution in [0.3, 0.4) is 0 Å². The van der Waals surface area contributed by atoms with Crippen molar-refractivity contribution in [3.8, 4) is 22.3 Å². The Balaban J connectivity index is 1.77. The van der Waals surface area contributed by atoms with Gasteiger partial charge in [-0.25, -0.2) is 0 Å². The van der Waals surface area contributed by atoms with Gasteiger partial charge in [-0.2, -0.15) is 26.3 Å². The highest BCUT2D eigenvalue weighted by Crippen LogP contribution is 2.51. The van der Waals surface area contributed by atoms with Gasteiger partial charge in [0.2, 0.25) is 0 Å². The molecule has 4 aromatic carbocycles. The summed E-state index contributed by atoms with van der Waals surface area (Å²) < 4.78 is 84.4. The van der Waals surface area contributed by atoms with E-state index in [0.29, 0.717) is 32.7 Å². The molecule has 0 bridgehead atoms. The molecule has 4 aromatic rings. The molecule has 0 aromatic heterocycles. The smallest absolute Gasteiger partial charge is 0.166 e. The summed E-state index contributed by atoms with van der Waals surface area (Å²) in [7, 11) is 1.33. The van der Waals surface area contributed by atoms with E-state index in [4.69, 9.17) is 0 Å². The largest absolute Gasteiger partial charge is 0.418 e. The highest BCUT2D eigenvalue weighted by Gasteiger charge is 2.39. The average molecular weight is 507 g/mol. The first-order chi connectivity index (χ1) is 16.2. The van der Waals surface area contributed by atoms with Crippen LogP contribution in [-0.4, -0.2) is 0 Å². The fourth-order valence-electron chi connectivity index (χ4n) is 3.59. The van der Waals surface area contributed by atoms with Crippen LogP contribution in [0.4, 0.5) is 26.3 Å². The molecule has 0 aliphatic heterocycles. The summed E-state index contributed by atoms with van der Waals surface area (Å²) in [5.74, 6) is 0. The third kappa shape index (κ3) is 5.28. The maximum absolute atomic E-state index is 14.1. The Labute approximate surface area is 200 Å². The van der Waals surface area contributed by atoms with E-state index in [0.717, 1.165) is 0 Å². The molecule has 174 valence electrons. The first-order valence-electron chi connectivity index (χ1n) is 10.0. The molecule has 34 heavy (non-hydrogen) atoms. The van der Waals surface area contributed by atoms with Crippen molar-refractivity contribution in [2.45, 2.75) is 22.1 Å². The minimum absolute atomic E-state index is 0.0206. The van der Waals surface area contributed by atoms with Crippen molar-refractivity contribution in [2.75, 3.05) is 0 Å². The van der Waals surface area contributed by atoms with Gasteiger partial charge < -0.3 is 0 Å². The number of halogens is 6. The number of hydrogen-bond acceptors (Lipinski definition) is 2. The zero-order chi connectivity index (χ0) is 24.3. The molecular weight excluding hydrogens is 490 g/mol. The first kappa shape index (κ1) is 24.3.